The summed E-state index contributed by atoms with van der Waals surface area (Å²) in [6.45, 7) is 2.03. The number of para-hydroxylation sites is 1. The van der Waals surface area contributed by atoms with Gasteiger partial charge in [0.2, 0.25) is 15.9 Å². The lowest BCUT2D eigenvalue weighted by Crippen LogP contribution is -2.41. The highest BCUT2D eigenvalue weighted by Crippen LogP contribution is 2.51. The van der Waals surface area contributed by atoms with E-state index in [-0.39, 0.29) is 23.1 Å². The van der Waals surface area contributed by atoms with Crippen molar-refractivity contribution in [2.45, 2.75) is 24.6 Å². The fourth-order valence-electron chi connectivity index (χ4n) is 5.92. The van der Waals surface area contributed by atoms with Gasteiger partial charge in [-0.1, -0.05) is 83.9 Å². The number of hydrogen-bond acceptors (Lipinski definition) is 6. The molecule has 6 rings (SSSR count). The van der Waals surface area contributed by atoms with Crippen LogP contribution in [0.15, 0.2) is 89.9 Å². The lowest BCUT2D eigenvalue weighted by molar-refractivity contribution is -0.121. The maximum atomic E-state index is 14.3. The van der Waals surface area contributed by atoms with Gasteiger partial charge in [-0.25, -0.2) is 8.42 Å². The molecule has 0 fully saturated rings. The number of sulfonamides is 1. The number of ether oxygens (including phenoxy) is 1. The first kappa shape index (κ1) is 31.0. The van der Waals surface area contributed by atoms with Crippen molar-refractivity contribution in [1.29, 1.82) is 0 Å². The number of halogens is 2. The topological polar surface area (TPSA) is 100 Å². The molecule has 0 aromatic heterocycles. The Labute approximate surface area is 273 Å². The number of carbonyl (C=O) groups excluding carboxylic acids is 1. The summed E-state index contributed by atoms with van der Waals surface area (Å²) in [5.41, 5.74) is 5.26. The summed E-state index contributed by atoms with van der Waals surface area (Å²) in [7, 11) is -2.43. The van der Waals surface area contributed by atoms with Crippen molar-refractivity contribution in [3.8, 4) is 16.9 Å². The van der Waals surface area contributed by atoms with Gasteiger partial charge in [-0.2, -0.15) is 0 Å². The maximum absolute atomic E-state index is 14.3. The molecule has 0 spiro atoms. The molecular weight excluding hydrogens is 631 g/mol. The molecule has 0 saturated carbocycles. The molecule has 0 bridgehead atoms. The van der Waals surface area contributed by atoms with E-state index >= 15 is 0 Å². The van der Waals surface area contributed by atoms with E-state index in [2.05, 4.69) is 15.6 Å². The van der Waals surface area contributed by atoms with Crippen LogP contribution in [0.4, 0.5) is 5.69 Å². The molecule has 1 amide bonds. The highest BCUT2D eigenvalue weighted by molar-refractivity contribution is 7.92. The standard InChI is InChI=1S/C34H32Cl2N4O4S/c1-44-31-8-4-6-26-30(20-32(41)37-16-15-22-9-12-24(13-10-22)34-38-17-18-39-34)40(29-7-3-2-5-25(29)33(26)31)45(42,43)21-23-11-14-27(35)28(36)19-23/h2-14,19,30H,15-18,20-21H2,1H3,(H,37,41)(H,38,39). The number of anilines is 1. The number of amidine groups is 1. The van der Waals surface area contributed by atoms with Crippen molar-refractivity contribution in [2.75, 3.05) is 31.0 Å². The fourth-order valence-corrected chi connectivity index (χ4v) is 8.01. The van der Waals surface area contributed by atoms with Gasteiger partial charge in [0.15, 0.2) is 0 Å². The van der Waals surface area contributed by atoms with Crippen molar-refractivity contribution in [1.82, 2.24) is 10.6 Å². The zero-order chi connectivity index (χ0) is 31.6. The lowest BCUT2D eigenvalue weighted by Gasteiger charge is -2.39. The first-order chi connectivity index (χ1) is 21.7. The zero-order valence-corrected chi connectivity index (χ0v) is 26.9. The first-order valence-electron chi connectivity index (χ1n) is 14.6. The SMILES string of the molecule is COc1cccc2c1-c1ccccc1N(S(=O)(=O)Cc1ccc(Cl)c(Cl)c1)C2CC(=O)NCCc1ccc(C2=NCCN2)cc1. The molecule has 2 aliphatic heterocycles. The van der Waals surface area contributed by atoms with E-state index in [9.17, 15) is 13.2 Å². The molecule has 2 aliphatic rings. The minimum Gasteiger partial charge on any atom is -0.496 e. The average molecular weight is 664 g/mol. The second-order valence-electron chi connectivity index (χ2n) is 10.9. The Bertz CT molecular complexity index is 1880. The van der Waals surface area contributed by atoms with E-state index in [1.165, 1.54) is 4.31 Å². The van der Waals surface area contributed by atoms with Crippen LogP contribution in [0.1, 0.15) is 34.7 Å². The van der Waals surface area contributed by atoms with E-state index in [0.29, 0.717) is 46.1 Å². The normalized spacial score (nSPS) is 15.5. The summed E-state index contributed by atoms with van der Waals surface area (Å²) in [5.74, 6) is 0.922. The fraction of sp³-hybridized carbons (Fsp3) is 0.235. The summed E-state index contributed by atoms with van der Waals surface area (Å²) < 4.78 is 35.6. The van der Waals surface area contributed by atoms with Gasteiger partial charge in [-0.15, -0.1) is 0 Å². The number of benzene rings is 4. The maximum Gasteiger partial charge on any atom is 0.239 e. The molecule has 45 heavy (non-hydrogen) atoms. The molecule has 2 heterocycles. The van der Waals surface area contributed by atoms with Gasteiger partial charge in [-0.3, -0.25) is 14.1 Å². The number of hydrogen-bond donors (Lipinski definition) is 2. The lowest BCUT2D eigenvalue weighted by atomic mass is 9.87. The summed E-state index contributed by atoms with van der Waals surface area (Å²) in [4.78, 5) is 18.0. The van der Waals surface area contributed by atoms with E-state index in [4.69, 9.17) is 27.9 Å². The van der Waals surface area contributed by atoms with Crippen LogP contribution in [0, 0.1) is 0 Å². The third kappa shape index (κ3) is 6.52. The predicted octanol–water partition coefficient (Wildman–Crippen LogP) is 6.16. The van der Waals surface area contributed by atoms with Crippen molar-refractivity contribution in [2.24, 2.45) is 4.99 Å². The molecule has 4 aromatic carbocycles. The Morgan fingerprint density at radius 2 is 1.78 bits per heavy atom. The summed E-state index contributed by atoms with van der Waals surface area (Å²) in [6, 6.07) is 24.9. The average Bonchev–Trinajstić information content (AvgIpc) is 3.58. The van der Waals surface area contributed by atoms with Crippen molar-refractivity contribution >= 4 is 50.7 Å². The van der Waals surface area contributed by atoms with Gasteiger partial charge < -0.3 is 15.4 Å². The van der Waals surface area contributed by atoms with Crippen LogP contribution >= 0.6 is 23.2 Å². The highest BCUT2D eigenvalue weighted by atomic mass is 35.5. The third-order valence-corrected chi connectivity index (χ3v) is 10.5. The molecular formula is C34H32Cl2N4O4S. The van der Waals surface area contributed by atoms with E-state index < -0.39 is 16.1 Å². The smallest absolute Gasteiger partial charge is 0.239 e. The van der Waals surface area contributed by atoms with E-state index in [0.717, 1.165) is 35.6 Å². The Morgan fingerprint density at radius 3 is 2.51 bits per heavy atom. The molecule has 1 atom stereocenters. The predicted molar refractivity (Wildman–Crippen MR) is 180 cm³/mol. The second-order valence-corrected chi connectivity index (χ2v) is 13.6. The van der Waals surface area contributed by atoms with Gasteiger partial charge in [0.25, 0.3) is 0 Å². The van der Waals surface area contributed by atoms with Gasteiger partial charge >= 0.3 is 0 Å². The molecule has 0 saturated heterocycles. The van der Waals surface area contributed by atoms with Crippen LogP contribution in [-0.4, -0.2) is 46.9 Å². The number of amides is 1. The van der Waals surface area contributed by atoms with Gasteiger partial charge in [0, 0.05) is 29.8 Å². The van der Waals surface area contributed by atoms with Crippen LogP contribution < -0.4 is 19.7 Å². The van der Waals surface area contributed by atoms with Crippen molar-refractivity contribution in [3.63, 3.8) is 0 Å². The highest BCUT2D eigenvalue weighted by Gasteiger charge is 2.40. The molecule has 11 heteroatoms. The minimum absolute atomic E-state index is 0.0838. The number of fused-ring (bicyclic) bond motifs is 3. The van der Waals surface area contributed by atoms with Crippen LogP contribution in [-0.2, 0) is 27.0 Å². The molecule has 0 aliphatic carbocycles. The Kier molecular flexibility index (Phi) is 9.03. The summed E-state index contributed by atoms with van der Waals surface area (Å²) in [5, 5.41) is 6.89. The second kappa shape index (κ2) is 13.1. The Balaban J connectivity index is 1.27. The van der Waals surface area contributed by atoms with E-state index in [1.54, 1.807) is 37.4 Å². The Morgan fingerprint density at radius 1 is 1.00 bits per heavy atom. The molecule has 232 valence electrons. The third-order valence-electron chi connectivity index (χ3n) is 7.98. The van der Waals surface area contributed by atoms with Crippen molar-refractivity contribution in [3.05, 3.63) is 117 Å². The van der Waals surface area contributed by atoms with Gasteiger partial charge in [0.05, 0.1) is 47.6 Å². The van der Waals surface area contributed by atoms with Crippen LogP contribution in [0.2, 0.25) is 10.0 Å². The number of carbonyl (C=O) groups is 1. The molecule has 4 aromatic rings. The summed E-state index contributed by atoms with van der Waals surface area (Å²) >= 11 is 12.3. The quantitative estimate of drug-likeness (QED) is 0.212. The van der Waals surface area contributed by atoms with Gasteiger partial charge in [0.1, 0.15) is 11.6 Å². The van der Waals surface area contributed by atoms with Crippen LogP contribution in [0.3, 0.4) is 0 Å². The monoisotopic (exact) mass is 662 g/mol. The van der Waals surface area contributed by atoms with Gasteiger partial charge in [-0.05, 0) is 47.4 Å². The molecule has 0 radical (unpaired) electrons. The minimum atomic E-state index is -4.02. The number of methoxy groups -OCH3 is 1. The van der Waals surface area contributed by atoms with Crippen LogP contribution in [0.5, 0.6) is 5.75 Å². The zero-order valence-electron chi connectivity index (χ0n) is 24.6. The number of rotatable bonds is 10. The first-order valence-corrected chi connectivity index (χ1v) is 17.0. The number of nitrogens with one attached hydrogen (secondary N) is 2. The van der Waals surface area contributed by atoms with Crippen molar-refractivity contribution < 1.29 is 17.9 Å². The Hall–Kier alpha value is -4.05. The summed E-state index contributed by atoms with van der Waals surface area (Å²) in [6.07, 6.45) is 0.544. The molecule has 8 nitrogen and oxygen atoms in total. The number of aliphatic imine (C=N–C) groups is 1. The number of nitrogens with zero attached hydrogens (tertiary/aromatic N) is 2. The molecule has 2 N–H and O–H groups in total. The largest absolute Gasteiger partial charge is 0.496 e. The van der Waals surface area contributed by atoms with E-state index in [1.807, 2.05) is 54.6 Å². The van der Waals surface area contributed by atoms with Crippen LogP contribution in [0.25, 0.3) is 11.1 Å². The molecule has 1 unspecified atom stereocenters.